The van der Waals surface area contributed by atoms with Crippen LogP contribution in [0.3, 0.4) is 0 Å². The van der Waals surface area contributed by atoms with E-state index in [1.807, 2.05) is 11.8 Å². The molecule has 0 saturated heterocycles. The van der Waals surface area contributed by atoms with Crippen molar-refractivity contribution in [3.8, 4) is 0 Å². The van der Waals surface area contributed by atoms with Gasteiger partial charge in [-0.1, -0.05) is 25.0 Å². The number of thioether (sulfide) groups is 1. The SMILES string of the molecule is NCC1(c2ccc(SC3CC3)cc2)CCCC1. The minimum absolute atomic E-state index is 0.294. The van der Waals surface area contributed by atoms with Crippen LogP contribution in [0.2, 0.25) is 0 Å². The summed E-state index contributed by atoms with van der Waals surface area (Å²) in [6.45, 7) is 0.808. The largest absolute Gasteiger partial charge is 0.330 e. The number of nitrogens with two attached hydrogens (primary N) is 1. The van der Waals surface area contributed by atoms with Crippen molar-refractivity contribution in [2.75, 3.05) is 6.54 Å². The summed E-state index contributed by atoms with van der Waals surface area (Å²) in [4.78, 5) is 1.43. The van der Waals surface area contributed by atoms with Crippen molar-refractivity contribution in [1.29, 1.82) is 0 Å². The normalized spacial score (nSPS) is 22.9. The molecule has 1 aromatic rings. The Morgan fingerprint density at radius 3 is 2.29 bits per heavy atom. The van der Waals surface area contributed by atoms with Gasteiger partial charge in [0, 0.05) is 22.1 Å². The van der Waals surface area contributed by atoms with Crippen molar-refractivity contribution in [3.05, 3.63) is 29.8 Å². The summed E-state index contributed by atoms with van der Waals surface area (Å²) in [5.41, 5.74) is 7.79. The Balaban J connectivity index is 1.77. The van der Waals surface area contributed by atoms with Crippen molar-refractivity contribution in [2.45, 2.75) is 54.1 Å². The lowest BCUT2D eigenvalue weighted by atomic mass is 9.79. The lowest BCUT2D eigenvalue weighted by molar-refractivity contribution is 0.453. The van der Waals surface area contributed by atoms with Gasteiger partial charge in [-0.05, 0) is 43.4 Å². The Bertz CT molecular complexity index is 374. The fourth-order valence-corrected chi connectivity index (χ4v) is 3.98. The Morgan fingerprint density at radius 1 is 1.12 bits per heavy atom. The molecule has 0 radical (unpaired) electrons. The number of hydrogen-bond donors (Lipinski definition) is 1. The molecule has 0 aromatic heterocycles. The van der Waals surface area contributed by atoms with E-state index in [1.165, 1.54) is 49.0 Å². The second kappa shape index (κ2) is 4.66. The number of rotatable bonds is 4. The van der Waals surface area contributed by atoms with Gasteiger partial charge in [0.2, 0.25) is 0 Å². The first-order chi connectivity index (χ1) is 8.32. The van der Waals surface area contributed by atoms with Gasteiger partial charge in [-0.25, -0.2) is 0 Å². The third kappa shape index (κ3) is 2.38. The van der Waals surface area contributed by atoms with Gasteiger partial charge in [0.05, 0.1) is 0 Å². The average molecular weight is 247 g/mol. The highest BCUT2D eigenvalue weighted by Crippen LogP contribution is 2.42. The smallest absolute Gasteiger partial charge is 0.00952 e. The molecule has 0 spiro atoms. The van der Waals surface area contributed by atoms with Crippen LogP contribution < -0.4 is 5.73 Å². The van der Waals surface area contributed by atoms with Crippen molar-refractivity contribution < 1.29 is 0 Å². The van der Waals surface area contributed by atoms with E-state index in [0.717, 1.165) is 11.8 Å². The molecule has 1 aromatic carbocycles. The van der Waals surface area contributed by atoms with E-state index < -0.39 is 0 Å². The van der Waals surface area contributed by atoms with Crippen LogP contribution in [0.5, 0.6) is 0 Å². The van der Waals surface area contributed by atoms with Gasteiger partial charge in [-0.15, -0.1) is 11.8 Å². The van der Waals surface area contributed by atoms with Crippen molar-refractivity contribution in [2.24, 2.45) is 5.73 Å². The predicted molar refractivity (Wildman–Crippen MR) is 74.5 cm³/mol. The molecule has 2 aliphatic rings. The first-order valence-corrected chi connectivity index (χ1v) is 7.68. The lowest BCUT2D eigenvalue weighted by Crippen LogP contribution is -2.31. The fourth-order valence-electron chi connectivity index (χ4n) is 2.93. The molecule has 2 aliphatic carbocycles. The molecule has 2 N–H and O–H groups in total. The summed E-state index contributed by atoms with van der Waals surface area (Å²) in [7, 11) is 0. The lowest BCUT2D eigenvalue weighted by Gasteiger charge is -2.28. The van der Waals surface area contributed by atoms with Gasteiger partial charge >= 0.3 is 0 Å². The van der Waals surface area contributed by atoms with Crippen LogP contribution >= 0.6 is 11.8 Å². The molecule has 0 atom stereocenters. The molecule has 0 amide bonds. The summed E-state index contributed by atoms with van der Waals surface area (Å²) in [6, 6.07) is 9.24. The molecule has 17 heavy (non-hydrogen) atoms. The molecule has 0 aliphatic heterocycles. The van der Waals surface area contributed by atoms with Crippen LogP contribution in [0.25, 0.3) is 0 Å². The molecule has 2 heteroatoms. The quantitative estimate of drug-likeness (QED) is 0.877. The topological polar surface area (TPSA) is 26.0 Å². The maximum atomic E-state index is 6.02. The van der Waals surface area contributed by atoms with Crippen molar-refractivity contribution in [3.63, 3.8) is 0 Å². The van der Waals surface area contributed by atoms with Crippen LogP contribution in [-0.4, -0.2) is 11.8 Å². The second-order valence-corrected chi connectivity index (χ2v) is 6.91. The predicted octanol–water partition coefficient (Wildman–Crippen LogP) is 3.71. The minimum atomic E-state index is 0.294. The minimum Gasteiger partial charge on any atom is -0.330 e. The second-order valence-electron chi connectivity index (χ2n) is 5.53. The van der Waals surface area contributed by atoms with Crippen molar-refractivity contribution in [1.82, 2.24) is 0 Å². The Morgan fingerprint density at radius 2 is 1.76 bits per heavy atom. The van der Waals surface area contributed by atoms with Gasteiger partial charge in [-0.2, -0.15) is 0 Å². The Kier molecular flexibility index (Phi) is 3.18. The zero-order valence-electron chi connectivity index (χ0n) is 10.3. The summed E-state index contributed by atoms with van der Waals surface area (Å²) in [5, 5.41) is 0.899. The van der Waals surface area contributed by atoms with Gasteiger partial charge in [0.15, 0.2) is 0 Å². The highest BCUT2D eigenvalue weighted by Gasteiger charge is 2.34. The van der Waals surface area contributed by atoms with Crippen LogP contribution in [-0.2, 0) is 5.41 Å². The fraction of sp³-hybridized carbons (Fsp3) is 0.600. The number of benzene rings is 1. The Hall–Kier alpha value is -0.470. The maximum absolute atomic E-state index is 6.02. The summed E-state index contributed by atoms with van der Waals surface area (Å²) in [5.74, 6) is 0. The third-order valence-corrected chi connectivity index (χ3v) is 5.59. The molecule has 0 heterocycles. The van der Waals surface area contributed by atoms with Crippen LogP contribution in [0.1, 0.15) is 44.1 Å². The zero-order valence-corrected chi connectivity index (χ0v) is 11.1. The Labute approximate surface area is 108 Å². The van der Waals surface area contributed by atoms with Gasteiger partial charge in [0.1, 0.15) is 0 Å². The molecular formula is C15H21NS. The van der Waals surface area contributed by atoms with E-state index in [-0.39, 0.29) is 0 Å². The average Bonchev–Trinajstić information content (AvgIpc) is 3.05. The van der Waals surface area contributed by atoms with Gasteiger partial charge in [0.25, 0.3) is 0 Å². The monoisotopic (exact) mass is 247 g/mol. The van der Waals surface area contributed by atoms with E-state index in [1.54, 1.807) is 0 Å². The zero-order chi connectivity index (χ0) is 11.7. The van der Waals surface area contributed by atoms with Gasteiger partial charge < -0.3 is 5.73 Å². The molecule has 2 saturated carbocycles. The van der Waals surface area contributed by atoms with E-state index in [2.05, 4.69) is 24.3 Å². The van der Waals surface area contributed by atoms with Crippen LogP contribution in [0.4, 0.5) is 0 Å². The summed E-state index contributed by atoms with van der Waals surface area (Å²) < 4.78 is 0. The van der Waals surface area contributed by atoms with E-state index >= 15 is 0 Å². The van der Waals surface area contributed by atoms with Crippen LogP contribution in [0, 0.1) is 0 Å². The van der Waals surface area contributed by atoms with E-state index in [4.69, 9.17) is 5.73 Å². The molecule has 3 rings (SSSR count). The summed E-state index contributed by atoms with van der Waals surface area (Å²) >= 11 is 2.04. The van der Waals surface area contributed by atoms with Gasteiger partial charge in [-0.3, -0.25) is 0 Å². The molecule has 0 bridgehead atoms. The molecular weight excluding hydrogens is 226 g/mol. The first-order valence-electron chi connectivity index (χ1n) is 6.80. The highest BCUT2D eigenvalue weighted by molar-refractivity contribution is 8.00. The molecule has 1 nitrogen and oxygen atoms in total. The summed E-state index contributed by atoms with van der Waals surface area (Å²) in [6.07, 6.45) is 8.04. The maximum Gasteiger partial charge on any atom is 0.00952 e. The first kappa shape index (κ1) is 11.6. The van der Waals surface area contributed by atoms with Crippen molar-refractivity contribution >= 4 is 11.8 Å². The molecule has 2 fully saturated rings. The standard InChI is InChI=1S/C15H21NS/c16-11-15(9-1-2-10-15)12-3-5-13(6-4-12)17-14-7-8-14/h3-6,14H,1-2,7-11,16H2. The molecule has 92 valence electrons. The van der Waals surface area contributed by atoms with Crippen LogP contribution in [0.15, 0.2) is 29.2 Å². The highest BCUT2D eigenvalue weighted by atomic mass is 32.2. The third-order valence-electron chi connectivity index (χ3n) is 4.25. The van der Waals surface area contributed by atoms with E-state index in [9.17, 15) is 0 Å². The molecule has 0 unspecified atom stereocenters. The number of hydrogen-bond acceptors (Lipinski definition) is 2. The van der Waals surface area contributed by atoms with E-state index in [0.29, 0.717) is 5.41 Å².